The molecule has 4 rings (SSSR count). The Morgan fingerprint density at radius 3 is 2.88 bits per heavy atom. The van der Waals surface area contributed by atoms with Crippen molar-refractivity contribution in [2.75, 3.05) is 6.79 Å². The standard InChI is InChI=1S/C16H10ClFN2O3S/c17-11-2-1-3-12(18)10(11)7-24-16-20-19-15(23-16)9-4-5-13-14(6-9)22-8-21-13/h1-6H,7-8H2. The highest BCUT2D eigenvalue weighted by Gasteiger charge is 2.17. The maximum atomic E-state index is 13.8. The number of thioether (sulfide) groups is 1. The number of rotatable bonds is 4. The van der Waals surface area contributed by atoms with Gasteiger partial charge in [-0.05, 0) is 30.3 Å². The summed E-state index contributed by atoms with van der Waals surface area (Å²) in [4.78, 5) is 0. The summed E-state index contributed by atoms with van der Waals surface area (Å²) in [5.74, 6) is 1.62. The first kappa shape index (κ1) is 15.3. The molecule has 24 heavy (non-hydrogen) atoms. The van der Waals surface area contributed by atoms with Gasteiger partial charge in [0.25, 0.3) is 5.22 Å². The molecule has 122 valence electrons. The van der Waals surface area contributed by atoms with Crippen molar-refractivity contribution >= 4 is 23.4 Å². The summed E-state index contributed by atoms with van der Waals surface area (Å²) in [5.41, 5.74) is 1.13. The fraction of sp³-hybridized carbons (Fsp3) is 0.125. The SMILES string of the molecule is Fc1cccc(Cl)c1CSc1nnc(-c2ccc3c(c2)OCO3)o1. The zero-order chi connectivity index (χ0) is 16.5. The number of halogens is 2. The van der Waals surface area contributed by atoms with E-state index < -0.39 is 0 Å². The largest absolute Gasteiger partial charge is 0.454 e. The molecule has 8 heteroatoms. The molecule has 0 saturated heterocycles. The number of ether oxygens (including phenoxy) is 2. The smallest absolute Gasteiger partial charge is 0.277 e. The minimum absolute atomic E-state index is 0.202. The third kappa shape index (κ3) is 2.92. The molecule has 2 aromatic carbocycles. The number of fused-ring (bicyclic) bond motifs is 1. The van der Waals surface area contributed by atoms with E-state index in [1.165, 1.54) is 17.8 Å². The van der Waals surface area contributed by atoms with E-state index in [1.54, 1.807) is 24.3 Å². The monoisotopic (exact) mass is 364 g/mol. The van der Waals surface area contributed by atoms with E-state index in [4.69, 9.17) is 25.5 Å². The fourth-order valence-corrected chi connectivity index (χ4v) is 3.33. The van der Waals surface area contributed by atoms with Crippen LogP contribution in [0.2, 0.25) is 5.02 Å². The number of nitrogens with zero attached hydrogens (tertiary/aromatic N) is 2. The summed E-state index contributed by atoms with van der Waals surface area (Å²) in [6.07, 6.45) is 0. The molecular formula is C16H10ClFN2O3S. The third-order valence-electron chi connectivity index (χ3n) is 3.43. The van der Waals surface area contributed by atoms with Gasteiger partial charge < -0.3 is 13.9 Å². The highest BCUT2D eigenvalue weighted by Crippen LogP contribution is 2.36. The van der Waals surface area contributed by atoms with Crippen LogP contribution >= 0.6 is 23.4 Å². The third-order valence-corrected chi connectivity index (χ3v) is 4.63. The van der Waals surface area contributed by atoms with Crippen LogP contribution in [0.5, 0.6) is 11.5 Å². The van der Waals surface area contributed by atoms with Gasteiger partial charge in [-0.3, -0.25) is 0 Å². The van der Waals surface area contributed by atoms with E-state index in [0.717, 1.165) is 5.56 Å². The molecule has 3 aromatic rings. The van der Waals surface area contributed by atoms with Gasteiger partial charge in [0.05, 0.1) is 0 Å². The summed E-state index contributed by atoms with van der Waals surface area (Å²) >= 11 is 7.23. The van der Waals surface area contributed by atoms with Crippen LogP contribution in [0.25, 0.3) is 11.5 Å². The van der Waals surface area contributed by atoms with Crippen LogP contribution in [-0.4, -0.2) is 17.0 Å². The Balaban J connectivity index is 1.51. The van der Waals surface area contributed by atoms with Crippen molar-refractivity contribution in [3.8, 4) is 23.0 Å². The van der Waals surface area contributed by atoms with Gasteiger partial charge in [0, 0.05) is 21.9 Å². The molecule has 0 unspecified atom stereocenters. The van der Waals surface area contributed by atoms with Crippen molar-refractivity contribution in [3.63, 3.8) is 0 Å². The van der Waals surface area contributed by atoms with Crippen LogP contribution in [0, 0.1) is 5.82 Å². The number of hydrogen-bond acceptors (Lipinski definition) is 6. The highest BCUT2D eigenvalue weighted by atomic mass is 35.5. The summed E-state index contributed by atoms with van der Waals surface area (Å²) < 4.78 is 30.0. The lowest BCUT2D eigenvalue weighted by molar-refractivity contribution is 0.174. The van der Waals surface area contributed by atoms with E-state index in [1.807, 2.05) is 6.07 Å². The van der Waals surface area contributed by atoms with Gasteiger partial charge in [0.1, 0.15) is 5.82 Å². The van der Waals surface area contributed by atoms with Crippen LogP contribution in [0.4, 0.5) is 4.39 Å². The van der Waals surface area contributed by atoms with Crippen LogP contribution in [0.1, 0.15) is 5.56 Å². The molecule has 0 bridgehead atoms. The Labute approximate surface area is 145 Å². The van der Waals surface area contributed by atoms with Gasteiger partial charge in [0.2, 0.25) is 12.7 Å². The number of hydrogen-bond donors (Lipinski definition) is 0. The Hall–Kier alpha value is -2.25. The summed E-state index contributed by atoms with van der Waals surface area (Å²) in [6.45, 7) is 0.202. The number of aromatic nitrogens is 2. The van der Waals surface area contributed by atoms with Gasteiger partial charge in [0.15, 0.2) is 11.5 Å². The Morgan fingerprint density at radius 1 is 1.12 bits per heavy atom. The summed E-state index contributed by atoms with van der Waals surface area (Å²) in [6, 6.07) is 9.95. The molecule has 0 radical (unpaired) electrons. The van der Waals surface area contributed by atoms with Crippen LogP contribution < -0.4 is 9.47 Å². The zero-order valence-electron chi connectivity index (χ0n) is 12.2. The summed E-state index contributed by atoms with van der Waals surface area (Å²) in [5, 5.41) is 8.69. The molecule has 0 fully saturated rings. The van der Waals surface area contributed by atoms with Gasteiger partial charge in [-0.25, -0.2) is 4.39 Å². The molecule has 0 N–H and O–H groups in total. The first-order valence-electron chi connectivity index (χ1n) is 7.00. The predicted octanol–water partition coefficient (Wildman–Crippen LogP) is 4.55. The van der Waals surface area contributed by atoms with E-state index in [9.17, 15) is 4.39 Å². The first-order chi connectivity index (χ1) is 11.7. The molecule has 1 aromatic heterocycles. The molecule has 0 saturated carbocycles. The van der Waals surface area contributed by atoms with E-state index in [2.05, 4.69) is 10.2 Å². The quantitative estimate of drug-likeness (QED) is 0.633. The molecule has 0 amide bonds. The Kier molecular flexibility index (Phi) is 4.03. The van der Waals surface area contributed by atoms with E-state index >= 15 is 0 Å². The van der Waals surface area contributed by atoms with Gasteiger partial charge in [-0.15, -0.1) is 10.2 Å². The maximum absolute atomic E-state index is 13.8. The van der Waals surface area contributed by atoms with Crippen molar-refractivity contribution < 1.29 is 18.3 Å². The van der Waals surface area contributed by atoms with Crippen molar-refractivity contribution in [2.24, 2.45) is 0 Å². The molecule has 5 nitrogen and oxygen atoms in total. The van der Waals surface area contributed by atoms with Gasteiger partial charge in [-0.2, -0.15) is 0 Å². The van der Waals surface area contributed by atoms with Crippen molar-refractivity contribution in [2.45, 2.75) is 11.0 Å². The van der Waals surface area contributed by atoms with Gasteiger partial charge in [-0.1, -0.05) is 29.4 Å². The minimum Gasteiger partial charge on any atom is -0.454 e. The first-order valence-corrected chi connectivity index (χ1v) is 8.36. The van der Waals surface area contributed by atoms with E-state index in [0.29, 0.717) is 39.0 Å². The fourth-order valence-electron chi connectivity index (χ4n) is 2.22. The lowest BCUT2D eigenvalue weighted by Gasteiger charge is -2.03. The number of benzene rings is 2. The average Bonchev–Trinajstić information content (AvgIpc) is 3.22. The van der Waals surface area contributed by atoms with Crippen molar-refractivity contribution in [1.29, 1.82) is 0 Å². The zero-order valence-corrected chi connectivity index (χ0v) is 13.7. The second-order valence-electron chi connectivity index (χ2n) is 4.93. The maximum Gasteiger partial charge on any atom is 0.277 e. The minimum atomic E-state index is -0.356. The second kappa shape index (κ2) is 6.33. The lowest BCUT2D eigenvalue weighted by atomic mass is 10.2. The summed E-state index contributed by atoms with van der Waals surface area (Å²) in [7, 11) is 0. The normalized spacial score (nSPS) is 12.6. The van der Waals surface area contributed by atoms with Gasteiger partial charge >= 0.3 is 0 Å². The topological polar surface area (TPSA) is 57.4 Å². The second-order valence-corrected chi connectivity index (χ2v) is 6.26. The Morgan fingerprint density at radius 2 is 2.00 bits per heavy atom. The molecule has 1 aliphatic rings. The predicted molar refractivity (Wildman–Crippen MR) is 86.8 cm³/mol. The van der Waals surface area contributed by atoms with Crippen LogP contribution in [0.3, 0.4) is 0 Å². The van der Waals surface area contributed by atoms with Crippen LogP contribution in [0.15, 0.2) is 46.0 Å². The molecule has 0 atom stereocenters. The molecular weight excluding hydrogens is 355 g/mol. The van der Waals surface area contributed by atoms with Crippen molar-refractivity contribution in [3.05, 3.63) is 52.8 Å². The van der Waals surface area contributed by atoms with E-state index in [-0.39, 0.29) is 12.6 Å². The molecule has 0 aliphatic carbocycles. The average molecular weight is 365 g/mol. The Bertz CT molecular complexity index is 883. The highest BCUT2D eigenvalue weighted by molar-refractivity contribution is 7.98. The molecule has 0 spiro atoms. The van der Waals surface area contributed by atoms with Crippen molar-refractivity contribution in [1.82, 2.24) is 10.2 Å². The molecule has 2 heterocycles. The lowest BCUT2D eigenvalue weighted by Crippen LogP contribution is -1.92. The molecule has 1 aliphatic heterocycles. The van der Waals surface area contributed by atoms with Crippen LogP contribution in [-0.2, 0) is 5.75 Å².